The summed E-state index contributed by atoms with van der Waals surface area (Å²) >= 11 is 3.57. The van der Waals surface area contributed by atoms with Crippen LogP contribution in [0.2, 0.25) is 18.5 Å². The van der Waals surface area contributed by atoms with Gasteiger partial charge in [0, 0.05) is 0 Å². The first-order valence-electron chi connectivity index (χ1n) is 8.18. The standard InChI is InChI=1S/C4H2ClN2.3C4H9.Sn/c5-4-2-1-3-6-7-4;3*1-3-4-2;/h1-2H;3*1,3-4H2,2H3;. The molecule has 114 valence electrons. The van der Waals surface area contributed by atoms with Crippen LogP contribution in [0.3, 0.4) is 0 Å². The Balaban J connectivity index is 3.00. The first-order chi connectivity index (χ1) is 9.68. The fourth-order valence-corrected chi connectivity index (χ4v) is 18.2. The molecule has 4 heteroatoms. The topological polar surface area (TPSA) is 25.8 Å². The van der Waals surface area contributed by atoms with Crippen molar-refractivity contribution in [2.45, 2.75) is 72.6 Å². The Hall–Kier alpha value is 0.169. The van der Waals surface area contributed by atoms with Gasteiger partial charge in [-0.15, -0.1) is 0 Å². The van der Waals surface area contributed by atoms with E-state index in [-0.39, 0.29) is 0 Å². The van der Waals surface area contributed by atoms with E-state index in [1.54, 1.807) is 0 Å². The van der Waals surface area contributed by atoms with Crippen molar-refractivity contribution in [1.29, 1.82) is 0 Å². The van der Waals surface area contributed by atoms with Gasteiger partial charge in [0.25, 0.3) is 0 Å². The molecule has 1 aromatic rings. The molecule has 0 aliphatic carbocycles. The van der Waals surface area contributed by atoms with Crippen molar-refractivity contribution < 1.29 is 0 Å². The van der Waals surface area contributed by atoms with Crippen LogP contribution in [0.4, 0.5) is 0 Å². The summed E-state index contributed by atoms with van der Waals surface area (Å²) < 4.78 is 5.66. The molecule has 1 rings (SSSR count). The van der Waals surface area contributed by atoms with Crippen LogP contribution in [-0.2, 0) is 0 Å². The summed E-state index contributed by atoms with van der Waals surface area (Å²) in [6, 6.07) is 4.13. The van der Waals surface area contributed by atoms with Gasteiger partial charge in [0.15, 0.2) is 0 Å². The summed E-state index contributed by atoms with van der Waals surface area (Å²) in [5.41, 5.74) is 0. The van der Waals surface area contributed by atoms with Crippen LogP contribution >= 0.6 is 11.6 Å². The molecule has 1 aromatic heterocycles. The second-order valence-electron chi connectivity index (χ2n) is 5.83. The van der Waals surface area contributed by atoms with E-state index in [4.69, 9.17) is 11.6 Å². The van der Waals surface area contributed by atoms with Crippen molar-refractivity contribution in [3.63, 3.8) is 0 Å². The molecule has 0 saturated carbocycles. The van der Waals surface area contributed by atoms with E-state index in [0.717, 1.165) is 0 Å². The van der Waals surface area contributed by atoms with Crippen molar-refractivity contribution in [3.8, 4) is 0 Å². The SMILES string of the molecule is CCC[CH2][Sn]([CH2]CCC)([CH2]CCC)[c]1ccc(Cl)nn1. The van der Waals surface area contributed by atoms with Crippen molar-refractivity contribution in [3.05, 3.63) is 17.3 Å². The average molecular weight is 404 g/mol. The Bertz CT molecular complexity index is 345. The molecule has 20 heavy (non-hydrogen) atoms. The summed E-state index contributed by atoms with van der Waals surface area (Å²) in [4.78, 5) is 0. The molecule has 0 radical (unpaired) electrons. The number of unbranched alkanes of at least 4 members (excludes halogenated alkanes) is 3. The van der Waals surface area contributed by atoms with E-state index in [0.29, 0.717) is 5.15 Å². The maximum absolute atomic E-state index is 5.92. The maximum atomic E-state index is 5.92. The third kappa shape index (κ3) is 5.51. The van der Waals surface area contributed by atoms with Gasteiger partial charge in [-0.2, -0.15) is 0 Å². The van der Waals surface area contributed by atoms with Gasteiger partial charge in [-0.25, -0.2) is 0 Å². The van der Waals surface area contributed by atoms with Gasteiger partial charge in [-0.1, -0.05) is 0 Å². The predicted molar refractivity (Wildman–Crippen MR) is 91.6 cm³/mol. The van der Waals surface area contributed by atoms with Crippen LogP contribution in [0.25, 0.3) is 0 Å². The molecule has 0 aromatic carbocycles. The molecule has 0 aliphatic rings. The van der Waals surface area contributed by atoms with Crippen LogP contribution in [0, 0.1) is 0 Å². The molecule has 0 unspecified atom stereocenters. The third-order valence-corrected chi connectivity index (χ3v) is 19.5. The van der Waals surface area contributed by atoms with E-state index in [9.17, 15) is 0 Å². The molecule has 0 spiro atoms. The van der Waals surface area contributed by atoms with Gasteiger partial charge in [0.05, 0.1) is 0 Å². The van der Waals surface area contributed by atoms with Crippen molar-refractivity contribution in [1.82, 2.24) is 10.2 Å². The fourth-order valence-electron chi connectivity index (χ4n) is 2.90. The van der Waals surface area contributed by atoms with Gasteiger partial charge >= 0.3 is 134 Å². The Morgan fingerprint density at radius 1 is 0.850 bits per heavy atom. The van der Waals surface area contributed by atoms with Crippen molar-refractivity contribution in [2.24, 2.45) is 0 Å². The Labute approximate surface area is 133 Å². The first-order valence-corrected chi connectivity index (χ1v) is 16.0. The molecule has 0 aliphatic heterocycles. The predicted octanol–water partition coefficient (Wildman–Crippen LogP) is 5.19. The molecule has 0 saturated heterocycles. The molecule has 2 nitrogen and oxygen atoms in total. The normalized spacial score (nSPS) is 11.8. The molecule has 0 bridgehead atoms. The number of aromatic nitrogens is 2. The minimum atomic E-state index is -2.36. The molecule has 1 heterocycles. The van der Waals surface area contributed by atoms with Crippen LogP contribution < -0.4 is 3.71 Å². The van der Waals surface area contributed by atoms with Gasteiger partial charge in [-0.05, 0) is 0 Å². The number of hydrogen-bond donors (Lipinski definition) is 0. The van der Waals surface area contributed by atoms with Gasteiger partial charge in [-0.3, -0.25) is 0 Å². The molecular weight excluding hydrogens is 374 g/mol. The molecule has 0 atom stereocenters. The van der Waals surface area contributed by atoms with E-state index < -0.39 is 18.4 Å². The number of nitrogens with zero attached hydrogens (tertiary/aromatic N) is 2. The Morgan fingerprint density at radius 2 is 1.35 bits per heavy atom. The third-order valence-electron chi connectivity index (χ3n) is 4.20. The zero-order valence-corrected chi connectivity index (χ0v) is 16.9. The second kappa shape index (κ2) is 9.99. The van der Waals surface area contributed by atoms with E-state index in [2.05, 4.69) is 37.0 Å². The summed E-state index contributed by atoms with van der Waals surface area (Å²) in [7, 11) is 0. The van der Waals surface area contributed by atoms with Crippen LogP contribution in [0.15, 0.2) is 12.1 Å². The monoisotopic (exact) mass is 404 g/mol. The quantitative estimate of drug-likeness (QED) is 0.503. The second-order valence-corrected chi connectivity index (χ2v) is 19.3. The molecule has 0 amide bonds. The summed E-state index contributed by atoms with van der Waals surface area (Å²) in [6.07, 6.45) is 7.93. The van der Waals surface area contributed by atoms with Crippen LogP contribution in [0.5, 0.6) is 0 Å². The van der Waals surface area contributed by atoms with E-state index in [1.165, 1.54) is 55.5 Å². The number of halogens is 1. The Morgan fingerprint density at radius 3 is 1.70 bits per heavy atom. The number of rotatable bonds is 10. The zero-order chi connectivity index (χ0) is 14.8. The minimum absolute atomic E-state index is 0.524. The molecular formula is C16H29ClN2Sn. The summed E-state index contributed by atoms with van der Waals surface area (Å²) in [5.74, 6) is 0. The van der Waals surface area contributed by atoms with Gasteiger partial charge < -0.3 is 0 Å². The van der Waals surface area contributed by atoms with Crippen molar-refractivity contribution in [2.75, 3.05) is 0 Å². The van der Waals surface area contributed by atoms with Crippen LogP contribution in [-0.4, -0.2) is 28.6 Å². The molecule has 0 N–H and O–H groups in total. The Kier molecular flexibility index (Phi) is 9.10. The summed E-state index contributed by atoms with van der Waals surface area (Å²) in [6.45, 7) is 6.89. The average Bonchev–Trinajstić information content (AvgIpc) is 2.48. The first kappa shape index (κ1) is 18.2. The van der Waals surface area contributed by atoms with Crippen molar-refractivity contribution >= 4 is 33.7 Å². The van der Waals surface area contributed by atoms with Gasteiger partial charge in [0.2, 0.25) is 0 Å². The fraction of sp³-hybridized carbons (Fsp3) is 0.750. The zero-order valence-electron chi connectivity index (χ0n) is 13.3. The molecule has 0 fully saturated rings. The summed E-state index contributed by atoms with van der Waals surface area (Å²) in [5, 5.41) is 9.18. The van der Waals surface area contributed by atoms with Gasteiger partial charge in [0.1, 0.15) is 0 Å². The van der Waals surface area contributed by atoms with E-state index in [1.807, 2.05) is 6.07 Å². The number of hydrogen-bond acceptors (Lipinski definition) is 2. The van der Waals surface area contributed by atoms with E-state index >= 15 is 0 Å². The van der Waals surface area contributed by atoms with Crippen LogP contribution in [0.1, 0.15) is 59.3 Å².